The standard InChI is InChI=1S/C18H22N2O3/c1-23-17-12-14(11-15(19)18(21)22)7-8-16(17)20-10-9-13-5-3-2-4-6-13/h2-8,12,15,20H,9-11,19H2,1H3,(H,21,22)/t15-/m0/s1. The Morgan fingerprint density at radius 3 is 2.61 bits per heavy atom. The molecule has 5 heteroatoms. The van der Waals surface area contributed by atoms with Gasteiger partial charge in [0.25, 0.3) is 0 Å². The second kappa shape index (κ2) is 8.19. The quantitative estimate of drug-likeness (QED) is 0.696. The first-order valence-corrected chi connectivity index (χ1v) is 7.53. The maximum Gasteiger partial charge on any atom is 0.320 e. The number of nitrogens with one attached hydrogen (secondary N) is 1. The van der Waals surface area contributed by atoms with E-state index in [0.717, 1.165) is 24.2 Å². The van der Waals surface area contributed by atoms with Crippen LogP contribution in [0.25, 0.3) is 0 Å². The van der Waals surface area contributed by atoms with E-state index in [2.05, 4.69) is 17.4 Å². The summed E-state index contributed by atoms with van der Waals surface area (Å²) in [4.78, 5) is 10.8. The molecule has 0 saturated heterocycles. The van der Waals surface area contributed by atoms with Crippen LogP contribution in [0, 0.1) is 0 Å². The molecule has 1 atom stereocenters. The van der Waals surface area contributed by atoms with Gasteiger partial charge >= 0.3 is 5.97 Å². The number of ether oxygens (including phenoxy) is 1. The van der Waals surface area contributed by atoms with Crippen LogP contribution in [0.1, 0.15) is 11.1 Å². The van der Waals surface area contributed by atoms with Crippen LogP contribution in [-0.2, 0) is 17.6 Å². The number of benzene rings is 2. The number of anilines is 1. The van der Waals surface area contributed by atoms with Gasteiger partial charge in [-0.1, -0.05) is 36.4 Å². The zero-order valence-electron chi connectivity index (χ0n) is 13.2. The molecule has 23 heavy (non-hydrogen) atoms. The van der Waals surface area contributed by atoms with E-state index in [-0.39, 0.29) is 6.42 Å². The number of carboxylic acid groups (broad SMARTS) is 1. The smallest absolute Gasteiger partial charge is 0.320 e. The first-order chi connectivity index (χ1) is 11.1. The highest BCUT2D eigenvalue weighted by atomic mass is 16.5. The van der Waals surface area contributed by atoms with Crippen molar-refractivity contribution < 1.29 is 14.6 Å². The number of hydrogen-bond donors (Lipinski definition) is 3. The van der Waals surface area contributed by atoms with Crippen molar-refractivity contribution in [3.63, 3.8) is 0 Å². The topological polar surface area (TPSA) is 84.6 Å². The van der Waals surface area contributed by atoms with E-state index in [4.69, 9.17) is 15.6 Å². The Kier molecular flexibility index (Phi) is 6.00. The van der Waals surface area contributed by atoms with Gasteiger partial charge in [-0.25, -0.2) is 0 Å². The van der Waals surface area contributed by atoms with E-state index >= 15 is 0 Å². The zero-order chi connectivity index (χ0) is 16.7. The summed E-state index contributed by atoms with van der Waals surface area (Å²) >= 11 is 0. The van der Waals surface area contributed by atoms with Crippen molar-refractivity contribution in [2.45, 2.75) is 18.9 Å². The minimum absolute atomic E-state index is 0.274. The molecule has 0 saturated carbocycles. The van der Waals surface area contributed by atoms with E-state index in [1.807, 2.05) is 36.4 Å². The Bertz CT molecular complexity index is 644. The van der Waals surface area contributed by atoms with Crippen molar-refractivity contribution in [2.75, 3.05) is 19.0 Å². The lowest BCUT2D eigenvalue weighted by Crippen LogP contribution is -2.32. The third-order valence-electron chi connectivity index (χ3n) is 3.61. The minimum Gasteiger partial charge on any atom is -0.495 e. The van der Waals surface area contributed by atoms with Crippen molar-refractivity contribution in [1.82, 2.24) is 0 Å². The highest BCUT2D eigenvalue weighted by Gasteiger charge is 2.13. The summed E-state index contributed by atoms with van der Waals surface area (Å²) in [7, 11) is 1.60. The summed E-state index contributed by atoms with van der Waals surface area (Å²) in [6, 6.07) is 14.9. The SMILES string of the molecule is COc1cc(C[C@H](N)C(=O)O)ccc1NCCc1ccccc1. The molecule has 0 aliphatic rings. The molecule has 0 aliphatic heterocycles. The molecule has 0 radical (unpaired) electrons. The van der Waals surface area contributed by atoms with Gasteiger partial charge in [-0.2, -0.15) is 0 Å². The normalized spacial score (nSPS) is 11.7. The first kappa shape index (κ1) is 16.8. The van der Waals surface area contributed by atoms with Gasteiger partial charge in [-0.3, -0.25) is 4.79 Å². The number of methoxy groups -OCH3 is 1. The van der Waals surface area contributed by atoms with Gasteiger partial charge in [0.1, 0.15) is 11.8 Å². The number of aliphatic carboxylic acids is 1. The Hall–Kier alpha value is -2.53. The maximum atomic E-state index is 10.8. The monoisotopic (exact) mass is 314 g/mol. The number of carbonyl (C=O) groups is 1. The maximum absolute atomic E-state index is 10.8. The van der Waals surface area contributed by atoms with Gasteiger partial charge in [0.05, 0.1) is 12.8 Å². The summed E-state index contributed by atoms with van der Waals surface area (Å²) in [6.07, 6.45) is 1.19. The van der Waals surface area contributed by atoms with Crippen LogP contribution in [0.5, 0.6) is 5.75 Å². The lowest BCUT2D eigenvalue weighted by Gasteiger charge is -2.14. The molecule has 0 heterocycles. The molecule has 0 spiro atoms. The summed E-state index contributed by atoms with van der Waals surface area (Å²) in [5.41, 5.74) is 8.56. The first-order valence-electron chi connectivity index (χ1n) is 7.53. The zero-order valence-corrected chi connectivity index (χ0v) is 13.2. The fraction of sp³-hybridized carbons (Fsp3) is 0.278. The third-order valence-corrected chi connectivity index (χ3v) is 3.61. The van der Waals surface area contributed by atoms with Gasteiger partial charge in [-0.05, 0) is 36.1 Å². The molecule has 0 fully saturated rings. The molecule has 2 aromatic rings. The predicted octanol–water partition coefficient (Wildman–Crippen LogP) is 2.30. The van der Waals surface area contributed by atoms with Crippen LogP contribution >= 0.6 is 0 Å². The van der Waals surface area contributed by atoms with Gasteiger partial charge in [-0.15, -0.1) is 0 Å². The molecule has 0 amide bonds. The summed E-state index contributed by atoms with van der Waals surface area (Å²) in [5, 5.41) is 12.2. The summed E-state index contributed by atoms with van der Waals surface area (Å²) in [6.45, 7) is 0.786. The molecule has 0 bridgehead atoms. The Morgan fingerprint density at radius 1 is 1.22 bits per heavy atom. The van der Waals surface area contributed by atoms with E-state index < -0.39 is 12.0 Å². The van der Waals surface area contributed by atoms with Gasteiger partial charge in [0.15, 0.2) is 0 Å². The summed E-state index contributed by atoms with van der Waals surface area (Å²) in [5.74, 6) is -0.317. The average molecular weight is 314 g/mol. The average Bonchev–Trinajstić information content (AvgIpc) is 2.56. The molecule has 5 nitrogen and oxygen atoms in total. The second-order valence-corrected chi connectivity index (χ2v) is 5.35. The Morgan fingerprint density at radius 2 is 1.96 bits per heavy atom. The molecule has 2 rings (SSSR count). The Labute approximate surface area is 136 Å². The van der Waals surface area contributed by atoms with E-state index in [1.54, 1.807) is 7.11 Å². The van der Waals surface area contributed by atoms with Crippen LogP contribution in [-0.4, -0.2) is 30.8 Å². The number of rotatable bonds is 8. The molecule has 0 unspecified atom stereocenters. The van der Waals surface area contributed by atoms with Crippen molar-refractivity contribution in [3.8, 4) is 5.75 Å². The molecular formula is C18H22N2O3. The Balaban J connectivity index is 1.97. The van der Waals surface area contributed by atoms with Gasteiger partial charge in [0, 0.05) is 6.54 Å². The predicted molar refractivity (Wildman–Crippen MR) is 90.9 cm³/mol. The number of hydrogen-bond acceptors (Lipinski definition) is 4. The van der Waals surface area contributed by atoms with E-state index in [9.17, 15) is 4.79 Å². The number of carboxylic acids is 1. The van der Waals surface area contributed by atoms with Gasteiger partial charge < -0.3 is 20.9 Å². The minimum atomic E-state index is -1.01. The fourth-order valence-electron chi connectivity index (χ4n) is 2.34. The molecular weight excluding hydrogens is 292 g/mol. The highest BCUT2D eigenvalue weighted by molar-refractivity contribution is 5.73. The molecule has 4 N–H and O–H groups in total. The highest BCUT2D eigenvalue weighted by Crippen LogP contribution is 2.26. The van der Waals surface area contributed by atoms with Crippen molar-refractivity contribution in [2.24, 2.45) is 5.73 Å². The van der Waals surface area contributed by atoms with E-state index in [1.165, 1.54) is 5.56 Å². The van der Waals surface area contributed by atoms with Crippen LogP contribution in [0.2, 0.25) is 0 Å². The largest absolute Gasteiger partial charge is 0.495 e. The molecule has 2 aromatic carbocycles. The van der Waals surface area contributed by atoms with Crippen molar-refractivity contribution >= 4 is 11.7 Å². The fourth-order valence-corrected chi connectivity index (χ4v) is 2.34. The molecule has 122 valence electrons. The lowest BCUT2D eigenvalue weighted by molar-refractivity contribution is -0.138. The van der Waals surface area contributed by atoms with Crippen LogP contribution in [0.15, 0.2) is 48.5 Å². The third kappa shape index (κ3) is 5.00. The summed E-state index contributed by atoms with van der Waals surface area (Å²) < 4.78 is 5.38. The lowest BCUT2D eigenvalue weighted by atomic mass is 10.1. The second-order valence-electron chi connectivity index (χ2n) is 5.35. The van der Waals surface area contributed by atoms with Crippen molar-refractivity contribution in [1.29, 1.82) is 0 Å². The van der Waals surface area contributed by atoms with Gasteiger partial charge in [0.2, 0.25) is 0 Å². The van der Waals surface area contributed by atoms with Crippen LogP contribution in [0.3, 0.4) is 0 Å². The number of nitrogens with two attached hydrogens (primary N) is 1. The van der Waals surface area contributed by atoms with E-state index in [0.29, 0.717) is 5.75 Å². The van der Waals surface area contributed by atoms with Crippen LogP contribution in [0.4, 0.5) is 5.69 Å². The van der Waals surface area contributed by atoms with Crippen LogP contribution < -0.4 is 15.8 Å². The molecule has 0 aliphatic carbocycles. The molecule has 0 aromatic heterocycles. The van der Waals surface area contributed by atoms with Crippen molar-refractivity contribution in [3.05, 3.63) is 59.7 Å².